The Labute approximate surface area is 104 Å². The van der Waals surface area contributed by atoms with Crippen molar-refractivity contribution < 1.29 is 13.2 Å². The number of sulfone groups is 1. The molecule has 0 aromatic carbocycles. The Morgan fingerprint density at radius 3 is 2.53 bits per heavy atom. The highest BCUT2D eigenvalue weighted by Crippen LogP contribution is 2.13. The fourth-order valence-corrected chi connectivity index (χ4v) is 2.77. The molecule has 0 bridgehead atoms. The van der Waals surface area contributed by atoms with Gasteiger partial charge in [0.05, 0.1) is 18.5 Å². The number of hydrogen-bond acceptors (Lipinski definition) is 5. The van der Waals surface area contributed by atoms with Gasteiger partial charge in [0.2, 0.25) is 0 Å². The maximum atomic E-state index is 11.4. The fourth-order valence-electron chi connectivity index (χ4n) is 1.95. The molecule has 0 atom stereocenters. The van der Waals surface area contributed by atoms with Gasteiger partial charge < -0.3 is 15.4 Å². The molecule has 0 radical (unpaired) electrons. The van der Waals surface area contributed by atoms with Crippen molar-refractivity contribution in [2.24, 2.45) is 5.73 Å². The van der Waals surface area contributed by atoms with Crippen LogP contribution in [0.1, 0.15) is 19.8 Å². The number of hydrogen-bond donors (Lipinski definition) is 1. The zero-order valence-corrected chi connectivity index (χ0v) is 11.4. The summed E-state index contributed by atoms with van der Waals surface area (Å²) in [7, 11) is -2.84. The lowest BCUT2D eigenvalue weighted by molar-refractivity contribution is 0.0128. The molecule has 6 heteroatoms. The molecular weight excluding hydrogens is 240 g/mol. The molecule has 1 aliphatic heterocycles. The van der Waals surface area contributed by atoms with E-state index in [9.17, 15) is 8.42 Å². The van der Waals surface area contributed by atoms with Crippen LogP contribution in [-0.4, -0.2) is 63.7 Å². The summed E-state index contributed by atoms with van der Waals surface area (Å²) in [5.41, 5.74) is 5.38. The molecule has 102 valence electrons. The molecule has 5 nitrogen and oxygen atoms in total. The van der Waals surface area contributed by atoms with Gasteiger partial charge in [-0.2, -0.15) is 0 Å². The third-order valence-corrected chi connectivity index (χ3v) is 4.85. The van der Waals surface area contributed by atoms with Crippen molar-refractivity contribution in [1.29, 1.82) is 0 Å². The van der Waals surface area contributed by atoms with Crippen LogP contribution in [0.15, 0.2) is 0 Å². The fraction of sp³-hybridized carbons (Fsp3) is 1.00. The van der Waals surface area contributed by atoms with E-state index in [1.54, 1.807) is 6.92 Å². The van der Waals surface area contributed by atoms with Gasteiger partial charge in [0.25, 0.3) is 0 Å². The smallest absolute Gasteiger partial charge is 0.151 e. The summed E-state index contributed by atoms with van der Waals surface area (Å²) in [6.07, 6.45) is 2.26. The first kappa shape index (κ1) is 14.9. The van der Waals surface area contributed by atoms with Crippen LogP contribution in [0.25, 0.3) is 0 Å². The summed E-state index contributed by atoms with van der Waals surface area (Å²) in [4.78, 5) is 2.20. The number of nitrogens with two attached hydrogens (primary N) is 1. The second-order valence-corrected chi connectivity index (χ2v) is 6.91. The van der Waals surface area contributed by atoms with Crippen molar-refractivity contribution in [3.63, 3.8) is 0 Å². The molecule has 0 aromatic rings. The molecule has 0 amide bonds. The molecule has 2 N–H and O–H groups in total. The molecule has 1 aliphatic rings. The van der Waals surface area contributed by atoms with Gasteiger partial charge in [-0.3, -0.25) is 0 Å². The third-order valence-electron chi connectivity index (χ3n) is 3.16. The first-order valence-corrected chi connectivity index (χ1v) is 8.14. The maximum absolute atomic E-state index is 11.4. The molecule has 1 rings (SSSR count). The van der Waals surface area contributed by atoms with Crippen LogP contribution in [0.2, 0.25) is 0 Å². The van der Waals surface area contributed by atoms with Crippen molar-refractivity contribution >= 4 is 9.84 Å². The summed E-state index contributed by atoms with van der Waals surface area (Å²) in [6.45, 7) is 5.38. The Balaban J connectivity index is 2.19. The number of likely N-dealkylation sites (tertiary alicyclic amines) is 1. The van der Waals surface area contributed by atoms with Crippen LogP contribution >= 0.6 is 0 Å². The average molecular weight is 264 g/mol. The highest BCUT2D eigenvalue weighted by molar-refractivity contribution is 7.91. The Morgan fingerprint density at radius 2 is 2.00 bits per heavy atom. The van der Waals surface area contributed by atoms with Crippen LogP contribution in [0.5, 0.6) is 0 Å². The second-order valence-electron chi connectivity index (χ2n) is 4.44. The molecule has 0 saturated carbocycles. The monoisotopic (exact) mass is 264 g/mol. The first-order chi connectivity index (χ1) is 8.07. The predicted octanol–water partition coefficient (Wildman–Crippen LogP) is -0.139. The summed E-state index contributed by atoms with van der Waals surface area (Å²) < 4.78 is 28.3. The van der Waals surface area contributed by atoms with E-state index in [4.69, 9.17) is 10.5 Å². The van der Waals surface area contributed by atoms with Gasteiger partial charge in [-0.05, 0) is 12.8 Å². The number of ether oxygens (including phenoxy) is 1. The van der Waals surface area contributed by atoms with E-state index in [2.05, 4.69) is 4.90 Å². The van der Waals surface area contributed by atoms with E-state index in [1.165, 1.54) is 0 Å². The minimum Gasteiger partial charge on any atom is -0.377 e. The molecular formula is C11H24N2O3S. The van der Waals surface area contributed by atoms with Gasteiger partial charge in [0.1, 0.15) is 0 Å². The first-order valence-electron chi connectivity index (χ1n) is 6.32. The molecule has 0 aromatic heterocycles. The number of nitrogens with zero attached hydrogens (tertiary/aromatic N) is 1. The second kappa shape index (κ2) is 7.31. The maximum Gasteiger partial charge on any atom is 0.151 e. The van der Waals surface area contributed by atoms with Gasteiger partial charge in [0, 0.05) is 31.9 Å². The third kappa shape index (κ3) is 5.81. The zero-order valence-electron chi connectivity index (χ0n) is 10.6. The van der Waals surface area contributed by atoms with Gasteiger partial charge in [-0.25, -0.2) is 8.42 Å². The van der Waals surface area contributed by atoms with Crippen molar-refractivity contribution in [2.45, 2.75) is 25.9 Å². The molecule has 1 heterocycles. The van der Waals surface area contributed by atoms with Gasteiger partial charge in [-0.1, -0.05) is 6.92 Å². The van der Waals surface area contributed by atoms with Crippen LogP contribution < -0.4 is 5.73 Å². The van der Waals surface area contributed by atoms with E-state index >= 15 is 0 Å². The van der Waals surface area contributed by atoms with Crippen LogP contribution in [-0.2, 0) is 14.6 Å². The van der Waals surface area contributed by atoms with E-state index in [-0.39, 0.29) is 11.5 Å². The highest BCUT2D eigenvalue weighted by atomic mass is 32.2. The van der Waals surface area contributed by atoms with Crippen molar-refractivity contribution in [2.75, 3.05) is 44.3 Å². The normalized spacial score (nSPS) is 19.6. The summed E-state index contributed by atoms with van der Waals surface area (Å²) in [6, 6.07) is 0. The molecule has 1 saturated heterocycles. The Hall–Kier alpha value is -0.170. The largest absolute Gasteiger partial charge is 0.377 e. The Morgan fingerprint density at radius 1 is 1.35 bits per heavy atom. The zero-order chi connectivity index (χ0) is 12.7. The van der Waals surface area contributed by atoms with Crippen molar-refractivity contribution in [3.05, 3.63) is 0 Å². The molecule has 17 heavy (non-hydrogen) atoms. The van der Waals surface area contributed by atoms with E-state index in [0.717, 1.165) is 25.9 Å². The van der Waals surface area contributed by atoms with Crippen LogP contribution in [0.3, 0.4) is 0 Å². The minimum atomic E-state index is -2.84. The van der Waals surface area contributed by atoms with Gasteiger partial charge in [-0.15, -0.1) is 0 Å². The van der Waals surface area contributed by atoms with Gasteiger partial charge >= 0.3 is 0 Å². The summed E-state index contributed by atoms with van der Waals surface area (Å²) >= 11 is 0. The minimum absolute atomic E-state index is 0.239. The Kier molecular flexibility index (Phi) is 6.40. The SMILES string of the molecule is CCS(=O)(=O)CCN1CCC(OCCN)CC1. The summed E-state index contributed by atoms with van der Waals surface area (Å²) in [5, 5.41) is 0. The van der Waals surface area contributed by atoms with E-state index in [1.807, 2.05) is 0 Å². The van der Waals surface area contributed by atoms with E-state index < -0.39 is 9.84 Å². The van der Waals surface area contributed by atoms with Gasteiger partial charge in [0.15, 0.2) is 9.84 Å². The highest BCUT2D eigenvalue weighted by Gasteiger charge is 2.20. The molecule has 0 aliphatic carbocycles. The lowest BCUT2D eigenvalue weighted by Gasteiger charge is -2.31. The topological polar surface area (TPSA) is 72.6 Å². The lowest BCUT2D eigenvalue weighted by Crippen LogP contribution is -2.40. The standard InChI is InChI=1S/C11H24N2O3S/c1-2-17(14,15)10-8-13-6-3-11(4-7-13)16-9-5-12/h11H,2-10,12H2,1H3. The molecule has 1 fully saturated rings. The van der Waals surface area contributed by atoms with Crippen molar-refractivity contribution in [1.82, 2.24) is 4.90 Å². The molecule has 0 unspecified atom stereocenters. The van der Waals surface area contributed by atoms with E-state index in [0.29, 0.717) is 25.8 Å². The average Bonchev–Trinajstić information content (AvgIpc) is 2.35. The quantitative estimate of drug-likeness (QED) is 0.693. The lowest BCUT2D eigenvalue weighted by atomic mass is 10.1. The Bertz CT molecular complexity index is 298. The van der Waals surface area contributed by atoms with Crippen LogP contribution in [0.4, 0.5) is 0 Å². The van der Waals surface area contributed by atoms with Crippen LogP contribution in [0, 0.1) is 0 Å². The number of piperidine rings is 1. The predicted molar refractivity (Wildman–Crippen MR) is 68.8 cm³/mol. The van der Waals surface area contributed by atoms with Crippen molar-refractivity contribution in [3.8, 4) is 0 Å². The molecule has 0 spiro atoms. The summed E-state index contributed by atoms with van der Waals surface area (Å²) in [5.74, 6) is 0.515. The number of rotatable bonds is 7.